The SMILES string of the molecule is CC[C@@H](C(=O)NC[C@@H](C)Cn1nccc1C)n1nc(C(F)(F)F)c2c1CCC2. The summed E-state index contributed by atoms with van der Waals surface area (Å²) in [6, 6.07) is 1.18. The Bertz CT molecular complexity index is 839. The van der Waals surface area contributed by atoms with Crippen LogP contribution in [0.3, 0.4) is 0 Å². The number of carbonyl (C=O) groups is 1. The van der Waals surface area contributed by atoms with Gasteiger partial charge >= 0.3 is 6.18 Å². The van der Waals surface area contributed by atoms with Crippen molar-refractivity contribution in [3.63, 3.8) is 0 Å². The summed E-state index contributed by atoms with van der Waals surface area (Å²) in [5.41, 5.74) is 1.00. The number of aryl methyl sites for hydroxylation is 1. The van der Waals surface area contributed by atoms with Gasteiger partial charge in [0.2, 0.25) is 5.91 Å². The van der Waals surface area contributed by atoms with Crippen LogP contribution in [0, 0.1) is 12.8 Å². The lowest BCUT2D eigenvalue weighted by Gasteiger charge is -2.20. The maximum Gasteiger partial charge on any atom is 0.435 e. The fourth-order valence-corrected chi connectivity index (χ4v) is 3.76. The first kappa shape index (κ1) is 20.4. The zero-order chi connectivity index (χ0) is 20.5. The van der Waals surface area contributed by atoms with Crippen LogP contribution in [0.15, 0.2) is 12.3 Å². The summed E-state index contributed by atoms with van der Waals surface area (Å²) < 4.78 is 43.1. The Kier molecular flexibility index (Phi) is 5.81. The normalized spacial score (nSPS) is 16.1. The molecule has 6 nitrogen and oxygen atoms in total. The second kappa shape index (κ2) is 7.97. The Balaban J connectivity index is 1.70. The minimum atomic E-state index is -4.50. The molecule has 0 spiro atoms. The molecule has 0 radical (unpaired) electrons. The van der Waals surface area contributed by atoms with E-state index in [1.807, 2.05) is 24.6 Å². The van der Waals surface area contributed by atoms with Gasteiger partial charge in [0, 0.05) is 36.2 Å². The lowest BCUT2D eigenvalue weighted by atomic mass is 10.1. The quantitative estimate of drug-likeness (QED) is 0.780. The van der Waals surface area contributed by atoms with Crippen LogP contribution in [0.5, 0.6) is 0 Å². The fourth-order valence-electron chi connectivity index (χ4n) is 3.76. The molecule has 2 atom stereocenters. The van der Waals surface area contributed by atoms with E-state index in [1.165, 1.54) is 4.68 Å². The molecule has 1 aliphatic carbocycles. The molecule has 1 amide bonds. The van der Waals surface area contributed by atoms with Crippen LogP contribution in [0.1, 0.15) is 55.4 Å². The number of halogens is 3. The second-order valence-corrected chi connectivity index (χ2v) is 7.50. The first-order valence-electron chi connectivity index (χ1n) is 9.66. The van der Waals surface area contributed by atoms with Crippen LogP contribution in [0.25, 0.3) is 0 Å². The summed E-state index contributed by atoms with van der Waals surface area (Å²) in [6.07, 6.45) is -0.840. The number of amides is 1. The molecule has 0 unspecified atom stereocenters. The molecule has 1 N–H and O–H groups in total. The summed E-state index contributed by atoms with van der Waals surface area (Å²) in [5, 5.41) is 10.9. The molecule has 0 bridgehead atoms. The highest BCUT2D eigenvalue weighted by Gasteiger charge is 2.41. The highest BCUT2D eigenvalue weighted by molar-refractivity contribution is 5.80. The van der Waals surface area contributed by atoms with Crippen LogP contribution in [-0.2, 0) is 30.4 Å². The highest BCUT2D eigenvalue weighted by atomic mass is 19.4. The Morgan fingerprint density at radius 2 is 2.11 bits per heavy atom. The smallest absolute Gasteiger partial charge is 0.354 e. The van der Waals surface area contributed by atoms with Gasteiger partial charge in [0.1, 0.15) is 6.04 Å². The van der Waals surface area contributed by atoms with E-state index in [0.717, 1.165) is 5.69 Å². The Morgan fingerprint density at radius 3 is 2.71 bits per heavy atom. The fraction of sp³-hybridized carbons (Fsp3) is 0.632. The monoisotopic (exact) mass is 397 g/mol. The van der Waals surface area contributed by atoms with Crippen molar-refractivity contribution in [2.24, 2.45) is 5.92 Å². The lowest BCUT2D eigenvalue weighted by Crippen LogP contribution is -2.37. The third kappa shape index (κ3) is 4.07. The van der Waals surface area contributed by atoms with Gasteiger partial charge < -0.3 is 5.32 Å². The number of hydrogen-bond donors (Lipinski definition) is 1. The average Bonchev–Trinajstić information content (AvgIpc) is 3.31. The Labute approximate surface area is 162 Å². The van der Waals surface area contributed by atoms with Crippen molar-refractivity contribution in [3.05, 3.63) is 34.9 Å². The van der Waals surface area contributed by atoms with Gasteiger partial charge in [-0.15, -0.1) is 0 Å². The van der Waals surface area contributed by atoms with E-state index in [-0.39, 0.29) is 17.4 Å². The van der Waals surface area contributed by atoms with E-state index in [1.54, 1.807) is 13.1 Å². The Morgan fingerprint density at radius 1 is 1.36 bits per heavy atom. The molecule has 154 valence electrons. The largest absolute Gasteiger partial charge is 0.435 e. The van der Waals surface area contributed by atoms with Crippen molar-refractivity contribution >= 4 is 5.91 Å². The van der Waals surface area contributed by atoms with Crippen molar-refractivity contribution in [2.45, 2.75) is 65.2 Å². The molecule has 9 heteroatoms. The van der Waals surface area contributed by atoms with Gasteiger partial charge in [-0.1, -0.05) is 13.8 Å². The van der Waals surface area contributed by atoms with Gasteiger partial charge in [0.25, 0.3) is 0 Å². The second-order valence-electron chi connectivity index (χ2n) is 7.50. The summed E-state index contributed by atoms with van der Waals surface area (Å²) in [7, 11) is 0. The van der Waals surface area contributed by atoms with Crippen LogP contribution in [-0.4, -0.2) is 32.0 Å². The highest BCUT2D eigenvalue weighted by Crippen LogP contribution is 2.37. The van der Waals surface area contributed by atoms with Gasteiger partial charge in [-0.05, 0) is 44.6 Å². The first-order chi connectivity index (χ1) is 13.2. The van der Waals surface area contributed by atoms with Crippen molar-refractivity contribution in [3.8, 4) is 0 Å². The third-order valence-electron chi connectivity index (χ3n) is 5.25. The summed E-state index contributed by atoms with van der Waals surface area (Å²) >= 11 is 0. The van der Waals surface area contributed by atoms with Crippen LogP contribution >= 0.6 is 0 Å². The molecule has 28 heavy (non-hydrogen) atoms. The third-order valence-corrected chi connectivity index (χ3v) is 5.25. The molecule has 0 fully saturated rings. The van der Waals surface area contributed by atoms with Crippen LogP contribution < -0.4 is 5.32 Å². The van der Waals surface area contributed by atoms with Crippen molar-refractivity contribution in [1.82, 2.24) is 24.9 Å². The molecular formula is C19H26F3N5O. The standard InChI is InChI=1S/C19H26F3N5O/c1-4-15(18(28)23-10-12(2)11-26-13(3)8-9-24-26)27-16-7-5-6-14(16)17(25-27)19(20,21)22/h8-9,12,15H,4-7,10-11H2,1-3H3,(H,23,28)/t12-,15+/m1/s1. The molecule has 0 saturated heterocycles. The van der Waals surface area contributed by atoms with Gasteiger partial charge in [-0.25, -0.2) is 0 Å². The first-order valence-corrected chi connectivity index (χ1v) is 9.66. The van der Waals surface area contributed by atoms with Crippen LogP contribution in [0.2, 0.25) is 0 Å². The van der Waals surface area contributed by atoms with Gasteiger partial charge in [0.15, 0.2) is 5.69 Å². The summed E-state index contributed by atoms with van der Waals surface area (Å²) in [5.74, 6) is -0.161. The maximum absolute atomic E-state index is 13.3. The van der Waals surface area contributed by atoms with E-state index < -0.39 is 17.9 Å². The van der Waals surface area contributed by atoms with E-state index in [0.29, 0.717) is 44.5 Å². The zero-order valence-electron chi connectivity index (χ0n) is 16.4. The number of nitrogens with zero attached hydrogens (tertiary/aromatic N) is 4. The molecule has 1 aliphatic rings. The molecule has 0 saturated carbocycles. The molecule has 0 aliphatic heterocycles. The molecule has 0 aromatic carbocycles. The predicted molar refractivity (Wildman–Crippen MR) is 97.7 cm³/mol. The van der Waals surface area contributed by atoms with Crippen molar-refractivity contribution in [2.75, 3.05) is 6.54 Å². The summed E-state index contributed by atoms with van der Waals surface area (Å²) in [4.78, 5) is 12.7. The topological polar surface area (TPSA) is 64.7 Å². The van der Waals surface area contributed by atoms with Gasteiger partial charge in [-0.3, -0.25) is 14.2 Å². The number of hydrogen-bond acceptors (Lipinski definition) is 3. The summed E-state index contributed by atoms with van der Waals surface area (Å²) in [6.45, 7) is 6.82. The average molecular weight is 397 g/mol. The molecule has 2 heterocycles. The van der Waals surface area contributed by atoms with E-state index in [4.69, 9.17) is 0 Å². The van der Waals surface area contributed by atoms with Crippen molar-refractivity contribution < 1.29 is 18.0 Å². The molecule has 3 rings (SSSR count). The maximum atomic E-state index is 13.3. The molecule has 2 aromatic heterocycles. The van der Waals surface area contributed by atoms with Crippen molar-refractivity contribution in [1.29, 1.82) is 0 Å². The minimum Gasteiger partial charge on any atom is -0.354 e. The predicted octanol–water partition coefficient (Wildman–Crippen LogP) is 3.30. The Hall–Kier alpha value is -2.32. The lowest BCUT2D eigenvalue weighted by molar-refractivity contribution is -0.142. The zero-order valence-corrected chi connectivity index (χ0v) is 16.4. The van der Waals surface area contributed by atoms with Crippen LogP contribution in [0.4, 0.5) is 13.2 Å². The number of fused-ring (bicyclic) bond motifs is 1. The number of carbonyl (C=O) groups excluding carboxylic acids is 1. The number of nitrogens with one attached hydrogen (secondary N) is 1. The van der Waals surface area contributed by atoms with E-state index in [2.05, 4.69) is 15.5 Å². The van der Waals surface area contributed by atoms with Gasteiger partial charge in [0.05, 0.1) is 0 Å². The van der Waals surface area contributed by atoms with Gasteiger partial charge in [-0.2, -0.15) is 23.4 Å². The van der Waals surface area contributed by atoms with E-state index >= 15 is 0 Å². The van der Waals surface area contributed by atoms with E-state index in [9.17, 15) is 18.0 Å². The number of alkyl halides is 3. The minimum absolute atomic E-state index is 0.133. The molecular weight excluding hydrogens is 371 g/mol. The number of aromatic nitrogens is 4. The number of rotatable bonds is 7. The molecule has 2 aromatic rings.